The first-order chi connectivity index (χ1) is 9.97. The van der Waals surface area contributed by atoms with E-state index in [4.69, 9.17) is 10.2 Å². The van der Waals surface area contributed by atoms with Crippen LogP contribution in [-0.4, -0.2) is 26.9 Å². The lowest BCUT2D eigenvalue weighted by atomic mass is 10.0. The number of H-pyrrole nitrogens is 1. The quantitative estimate of drug-likeness (QED) is 0.447. The average molecular weight is 285 g/mol. The molecule has 5 heteroatoms. The van der Waals surface area contributed by atoms with E-state index in [0.29, 0.717) is 18.1 Å². The Bertz CT molecular complexity index is 695. The number of carboxylic acids is 1. The van der Waals surface area contributed by atoms with Crippen molar-refractivity contribution in [1.82, 2.24) is 4.98 Å². The predicted molar refractivity (Wildman–Crippen MR) is 77.5 cm³/mol. The van der Waals surface area contributed by atoms with E-state index in [0.717, 1.165) is 16.7 Å². The molecule has 0 unspecified atom stereocenters. The van der Waals surface area contributed by atoms with Crippen LogP contribution in [0.4, 0.5) is 0 Å². The number of hydrogen-bond acceptors (Lipinski definition) is 3. The highest BCUT2D eigenvalue weighted by Crippen LogP contribution is 2.16. The van der Waals surface area contributed by atoms with E-state index in [2.05, 4.69) is 4.98 Å². The van der Waals surface area contributed by atoms with E-state index >= 15 is 0 Å². The molecule has 2 rings (SSSR count). The zero-order chi connectivity index (χ0) is 15.4. The minimum Gasteiger partial charge on any atom is -0.502 e. The molecule has 0 bridgehead atoms. The summed E-state index contributed by atoms with van der Waals surface area (Å²) in [6.07, 6.45) is 4.45. The summed E-state index contributed by atoms with van der Waals surface area (Å²) in [6.45, 7) is 1.99. The largest absolute Gasteiger partial charge is 0.502 e. The molecule has 0 fully saturated rings. The number of carbonyl (C=O) groups excluding carboxylic acids is 1. The first kappa shape index (κ1) is 14.6. The molecule has 0 aliphatic heterocycles. The summed E-state index contributed by atoms with van der Waals surface area (Å²) >= 11 is 0. The number of carbonyl (C=O) groups is 2. The second kappa shape index (κ2) is 6.09. The van der Waals surface area contributed by atoms with Gasteiger partial charge in [0.25, 0.3) is 0 Å². The number of aryl methyl sites for hydroxylation is 1. The van der Waals surface area contributed by atoms with Gasteiger partial charge in [0.2, 0.25) is 5.76 Å². The number of aromatic nitrogens is 1. The fourth-order valence-corrected chi connectivity index (χ4v) is 1.96. The van der Waals surface area contributed by atoms with Crippen molar-refractivity contribution in [2.75, 3.05) is 0 Å². The number of hydrogen-bond donors (Lipinski definition) is 3. The summed E-state index contributed by atoms with van der Waals surface area (Å²) in [5.74, 6) is -3.04. The van der Waals surface area contributed by atoms with E-state index in [9.17, 15) is 9.59 Å². The lowest BCUT2D eigenvalue weighted by Crippen LogP contribution is -2.05. The zero-order valence-electron chi connectivity index (χ0n) is 11.5. The van der Waals surface area contributed by atoms with Crippen molar-refractivity contribution >= 4 is 11.8 Å². The Morgan fingerprint density at radius 2 is 1.81 bits per heavy atom. The maximum absolute atomic E-state index is 12.0. The monoisotopic (exact) mass is 285 g/mol. The molecule has 21 heavy (non-hydrogen) atoms. The molecule has 1 aromatic heterocycles. The van der Waals surface area contributed by atoms with Gasteiger partial charge < -0.3 is 15.2 Å². The Labute approximate surface area is 121 Å². The molecule has 0 aliphatic rings. The van der Waals surface area contributed by atoms with Crippen LogP contribution >= 0.6 is 0 Å². The first-order valence-corrected chi connectivity index (χ1v) is 6.37. The minimum absolute atomic E-state index is 0.350. The van der Waals surface area contributed by atoms with Crippen LogP contribution in [-0.2, 0) is 11.2 Å². The highest BCUT2D eigenvalue weighted by Gasteiger charge is 2.14. The van der Waals surface area contributed by atoms with Crippen molar-refractivity contribution < 1.29 is 19.8 Å². The summed E-state index contributed by atoms with van der Waals surface area (Å²) in [5, 5.41) is 17.7. The van der Waals surface area contributed by atoms with Gasteiger partial charge in [-0.15, -0.1) is 0 Å². The molecule has 2 aromatic rings. The standard InChI is InChI=1S/C16H15NO4/c1-10-2-4-11(5-3-10)6-12-8-17-9-13(12)14(18)7-15(19)16(20)21/h2-5,7-9,17,19H,6H2,1H3,(H,20,21). The number of benzene rings is 1. The smallest absolute Gasteiger partial charge is 0.371 e. The molecule has 0 amide bonds. The molecule has 0 saturated carbocycles. The summed E-state index contributed by atoms with van der Waals surface area (Å²) in [5.41, 5.74) is 3.29. The lowest BCUT2D eigenvalue weighted by Gasteiger charge is -2.03. The van der Waals surface area contributed by atoms with Crippen molar-refractivity contribution in [2.45, 2.75) is 13.3 Å². The Morgan fingerprint density at radius 1 is 1.14 bits per heavy atom. The Morgan fingerprint density at radius 3 is 2.43 bits per heavy atom. The topological polar surface area (TPSA) is 90.4 Å². The van der Waals surface area contributed by atoms with Gasteiger partial charge in [0.1, 0.15) is 0 Å². The fraction of sp³-hybridized carbons (Fsp3) is 0.125. The van der Waals surface area contributed by atoms with Gasteiger partial charge in [-0.1, -0.05) is 29.8 Å². The van der Waals surface area contributed by atoms with Crippen LogP contribution in [0.1, 0.15) is 27.0 Å². The SMILES string of the molecule is Cc1ccc(Cc2c[nH]cc2C(=O)C=C(O)C(=O)O)cc1. The van der Waals surface area contributed by atoms with Gasteiger partial charge in [-0.2, -0.15) is 0 Å². The molecular weight excluding hydrogens is 270 g/mol. The maximum Gasteiger partial charge on any atom is 0.371 e. The Balaban J connectivity index is 2.22. The van der Waals surface area contributed by atoms with Crippen molar-refractivity contribution in [3.63, 3.8) is 0 Å². The van der Waals surface area contributed by atoms with Gasteiger partial charge in [-0.3, -0.25) is 4.79 Å². The normalized spacial score (nSPS) is 11.4. The number of aliphatic hydroxyl groups is 1. The van der Waals surface area contributed by atoms with Gasteiger partial charge in [0.05, 0.1) is 0 Å². The second-order valence-electron chi connectivity index (χ2n) is 4.76. The fourth-order valence-electron chi connectivity index (χ4n) is 1.96. The summed E-state index contributed by atoms with van der Waals surface area (Å²) in [4.78, 5) is 25.3. The summed E-state index contributed by atoms with van der Waals surface area (Å²) < 4.78 is 0. The molecule has 0 aliphatic carbocycles. The van der Waals surface area contributed by atoms with Gasteiger partial charge in [0, 0.05) is 24.0 Å². The number of aliphatic carboxylic acids is 1. The Hall–Kier alpha value is -2.82. The highest BCUT2D eigenvalue weighted by atomic mass is 16.4. The molecule has 0 atom stereocenters. The van der Waals surface area contributed by atoms with Crippen molar-refractivity contribution in [3.8, 4) is 0 Å². The van der Waals surface area contributed by atoms with Crippen molar-refractivity contribution in [3.05, 3.63) is 70.7 Å². The van der Waals surface area contributed by atoms with Crippen LogP contribution in [0.15, 0.2) is 48.5 Å². The molecular formula is C16H15NO4. The Kier molecular flexibility index (Phi) is 4.23. The van der Waals surface area contributed by atoms with E-state index < -0.39 is 17.5 Å². The third-order valence-corrected chi connectivity index (χ3v) is 3.10. The minimum atomic E-state index is -1.53. The molecule has 0 radical (unpaired) electrons. The van der Waals surface area contributed by atoms with Crippen LogP contribution in [0.5, 0.6) is 0 Å². The van der Waals surface area contributed by atoms with E-state index in [1.807, 2.05) is 31.2 Å². The van der Waals surface area contributed by atoms with Gasteiger partial charge >= 0.3 is 5.97 Å². The molecule has 1 aromatic carbocycles. The van der Waals surface area contributed by atoms with Gasteiger partial charge in [-0.05, 0) is 24.5 Å². The van der Waals surface area contributed by atoms with Crippen molar-refractivity contribution in [2.24, 2.45) is 0 Å². The number of allylic oxidation sites excluding steroid dienone is 1. The maximum atomic E-state index is 12.0. The number of carboxylic acid groups (broad SMARTS) is 1. The van der Waals surface area contributed by atoms with Crippen LogP contribution < -0.4 is 0 Å². The lowest BCUT2D eigenvalue weighted by molar-refractivity contribution is -0.135. The summed E-state index contributed by atoms with van der Waals surface area (Å²) in [7, 11) is 0. The van der Waals surface area contributed by atoms with E-state index in [1.54, 1.807) is 6.20 Å². The molecule has 3 N–H and O–H groups in total. The zero-order valence-corrected chi connectivity index (χ0v) is 11.5. The first-order valence-electron chi connectivity index (χ1n) is 6.37. The summed E-state index contributed by atoms with van der Waals surface area (Å²) in [6, 6.07) is 7.92. The molecule has 108 valence electrons. The van der Waals surface area contributed by atoms with Crippen molar-refractivity contribution in [1.29, 1.82) is 0 Å². The van der Waals surface area contributed by atoms with Crippen LogP contribution in [0.25, 0.3) is 0 Å². The number of aromatic amines is 1. The van der Waals surface area contributed by atoms with Crippen LogP contribution in [0, 0.1) is 6.92 Å². The molecule has 0 spiro atoms. The predicted octanol–water partition coefficient (Wildman–Crippen LogP) is 2.62. The van der Waals surface area contributed by atoms with Gasteiger partial charge in [-0.25, -0.2) is 4.79 Å². The van der Waals surface area contributed by atoms with E-state index in [1.165, 1.54) is 6.20 Å². The number of aliphatic hydroxyl groups excluding tert-OH is 1. The number of nitrogens with one attached hydrogen (secondary N) is 1. The molecule has 5 nitrogen and oxygen atoms in total. The number of ketones is 1. The second-order valence-corrected chi connectivity index (χ2v) is 4.76. The average Bonchev–Trinajstić information content (AvgIpc) is 2.89. The molecule has 0 saturated heterocycles. The van der Waals surface area contributed by atoms with Crippen LogP contribution in [0.2, 0.25) is 0 Å². The third-order valence-electron chi connectivity index (χ3n) is 3.10. The van der Waals surface area contributed by atoms with Crippen LogP contribution in [0.3, 0.4) is 0 Å². The third kappa shape index (κ3) is 3.60. The van der Waals surface area contributed by atoms with Gasteiger partial charge in [0.15, 0.2) is 5.78 Å². The van der Waals surface area contributed by atoms with E-state index in [-0.39, 0.29) is 0 Å². The number of rotatable bonds is 5. The highest BCUT2D eigenvalue weighted by molar-refractivity contribution is 6.08. The molecule has 1 heterocycles.